The first kappa shape index (κ1) is 14.1. The molecule has 2 heterocycles. The van der Waals surface area contributed by atoms with Crippen LogP contribution < -0.4 is 5.32 Å². The monoisotopic (exact) mass is 264 g/mol. The van der Waals surface area contributed by atoms with Crippen LogP contribution >= 0.6 is 24.2 Å². The maximum absolute atomic E-state index is 12.1. The summed E-state index contributed by atoms with van der Waals surface area (Å²) in [5, 5.41) is 3.25. The molecule has 2 aliphatic rings. The Labute approximate surface area is 108 Å². The molecule has 0 spiro atoms. The highest BCUT2D eigenvalue weighted by Crippen LogP contribution is 2.25. The lowest BCUT2D eigenvalue weighted by atomic mass is 9.95. The number of halogens is 1. The van der Waals surface area contributed by atoms with Crippen molar-refractivity contribution in [3.05, 3.63) is 0 Å². The molecule has 0 aromatic rings. The molecule has 5 heteroatoms. The third-order valence-corrected chi connectivity index (χ3v) is 4.43. The molecule has 2 rings (SSSR count). The minimum absolute atomic E-state index is 0. The fourth-order valence-electron chi connectivity index (χ4n) is 2.31. The average Bonchev–Trinajstić information content (AvgIpc) is 2.88. The van der Waals surface area contributed by atoms with E-state index in [1.54, 1.807) is 0 Å². The van der Waals surface area contributed by atoms with Crippen LogP contribution in [0.2, 0.25) is 0 Å². The van der Waals surface area contributed by atoms with Crippen LogP contribution in [-0.2, 0) is 4.79 Å². The van der Waals surface area contributed by atoms with Gasteiger partial charge in [-0.25, -0.2) is 0 Å². The van der Waals surface area contributed by atoms with E-state index in [0.717, 1.165) is 24.7 Å². The van der Waals surface area contributed by atoms with Crippen LogP contribution in [0.25, 0.3) is 0 Å². The molecule has 16 heavy (non-hydrogen) atoms. The number of carbonyl (C=O) groups is 1. The lowest BCUT2D eigenvalue weighted by Crippen LogP contribution is -2.44. The smallest absolute Gasteiger partial charge is 0.240 e. The van der Waals surface area contributed by atoms with Crippen molar-refractivity contribution in [1.82, 2.24) is 10.2 Å². The molecule has 1 unspecified atom stereocenters. The highest BCUT2D eigenvalue weighted by molar-refractivity contribution is 7.99. The quantitative estimate of drug-likeness (QED) is 0.822. The average molecular weight is 265 g/mol. The molecule has 0 radical (unpaired) electrons. The number of carbonyl (C=O) groups excluding carboxylic acids is 1. The Bertz CT molecular complexity index is 244. The van der Waals surface area contributed by atoms with E-state index in [4.69, 9.17) is 0 Å². The van der Waals surface area contributed by atoms with Gasteiger partial charge in [0.2, 0.25) is 5.91 Å². The van der Waals surface area contributed by atoms with Crippen molar-refractivity contribution >= 4 is 30.1 Å². The largest absolute Gasteiger partial charge is 0.341 e. The molecular weight excluding hydrogens is 244 g/mol. The molecule has 0 saturated carbocycles. The Balaban J connectivity index is 0.00000128. The first-order valence-electron chi connectivity index (χ1n) is 5.78. The summed E-state index contributed by atoms with van der Waals surface area (Å²) in [4.78, 5) is 14.1. The van der Waals surface area contributed by atoms with Crippen LogP contribution in [0.4, 0.5) is 0 Å². The van der Waals surface area contributed by atoms with Gasteiger partial charge in [-0.2, -0.15) is 0 Å². The second kappa shape index (κ2) is 6.12. The van der Waals surface area contributed by atoms with Crippen LogP contribution in [0.5, 0.6) is 0 Å². The molecule has 0 aliphatic carbocycles. The fourth-order valence-corrected chi connectivity index (χ4v) is 3.24. The van der Waals surface area contributed by atoms with Crippen LogP contribution in [0.1, 0.15) is 20.3 Å². The first-order valence-corrected chi connectivity index (χ1v) is 6.94. The number of amides is 1. The van der Waals surface area contributed by atoms with E-state index in [-0.39, 0.29) is 18.4 Å². The second-order valence-electron chi connectivity index (χ2n) is 4.85. The lowest BCUT2D eigenvalue weighted by molar-refractivity contribution is -0.131. The van der Waals surface area contributed by atoms with Crippen molar-refractivity contribution < 1.29 is 4.79 Å². The van der Waals surface area contributed by atoms with E-state index < -0.39 is 0 Å². The summed E-state index contributed by atoms with van der Waals surface area (Å²) >= 11 is 1.82. The Hall–Kier alpha value is 0.0700. The van der Waals surface area contributed by atoms with Gasteiger partial charge in [0, 0.05) is 24.7 Å². The summed E-state index contributed by atoms with van der Waals surface area (Å²) in [5.41, 5.74) is 0. The number of rotatable bonds is 2. The fraction of sp³-hybridized carbons (Fsp3) is 0.909. The van der Waals surface area contributed by atoms with Crippen LogP contribution in [0.15, 0.2) is 0 Å². The minimum Gasteiger partial charge on any atom is -0.341 e. The van der Waals surface area contributed by atoms with Crippen molar-refractivity contribution in [1.29, 1.82) is 0 Å². The summed E-state index contributed by atoms with van der Waals surface area (Å²) in [6.45, 7) is 6.44. The summed E-state index contributed by atoms with van der Waals surface area (Å²) in [6, 6.07) is 0.0842. The van der Waals surface area contributed by atoms with Crippen LogP contribution in [0.3, 0.4) is 0 Å². The molecular formula is C11H21ClN2OS. The van der Waals surface area contributed by atoms with Crippen LogP contribution in [-0.4, -0.2) is 41.6 Å². The number of likely N-dealkylation sites (tertiary alicyclic amines) is 1. The molecule has 3 nitrogen and oxygen atoms in total. The molecule has 2 atom stereocenters. The Kier molecular flexibility index (Phi) is 5.41. The number of nitrogens with one attached hydrogen (secondary N) is 1. The van der Waals surface area contributed by atoms with Gasteiger partial charge in [-0.15, -0.1) is 24.2 Å². The predicted molar refractivity (Wildman–Crippen MR) is 71.0 cm³/mol. The van der Waals surface area contributed by atoms with Crippen LogP contribution in [0, 0.1) is 11.8 Å². The molecule has 2 saturated heterocycles. The SMILES string of the molecule is CC(C)C1CCN(C(=O)[C@H]2CSCN2)C1.Cl. The number of thioether (sulfide) groups is 1. The topological polar surface area (TPSA) is 32.3 Å². The normalized spacial score (nSPS) is 29.6. The van der Waals surface area contributed by atoms with E-state index in [1.165, 1.54) is 6.42 Å². The summed E-state index contributed by atoms with van der Waals surface area (Å²) in [6.07, 6.45) is 1.18. The maximum atomic E-state index is 12.1. The van der Waals surface area contributed by atoms with Gasteiger partial charge >= 0.3 is 0 Å². The third-order valence-electron chi connectivity index (χ3n) is 3.49. The second-order valence-corrected chi connectivity index (χ2v) is 5.88. The minimum atomic E-state index is 0. The number of nitrogens with zero attached hydrogens (tertiary/aromatic N) is 1. The zero-order valence-electron chi connectivity index (χ0n) is 9.94. The van der Waals surface area contributed by atoms with E-state index in [1.807, 2.05) is 16.7 Å². The van der Waals surface area contributed by atoms with Crippen molar-refractivity contribution in [3.63, 3.8) is 0 Å². The first-order chi connectivity index (χ1) is 7.18. The van der Waals surface area contributed by atoms with E-state index >= 15 is 0 Å². The van der Waals surface area contributed by atoms with Gasteiger partial charge in [-0.05, 0) is 18.3 Å². The molecule has 1 amide bonds. The highest BCUT2D eigenvalue weighted by Gasteiger charge is 2.33. The predicted octanol–water partition coefficient (Wildman–Crippen LogP) is 1.58. The maximum Gasteiger partial charge on any atom is 0.240 e. The van der Waals surface area contributed by atoms with E-state index in [9.17, 15) is 4.79 Å². The summed E-state index contributed by atoms with van der Waals surface area (Å²) in [5.74, 6) is 3.61. The summed E-state index contributed by atoms with van der Waals surface area (Å²) < 4.78 is 0. The number of hydrogen-bond donors (Lipinski definition) is 1. The van der Waals surface area contributed by atoms with Crippen molar-refractivity contribution in [2.24, 2.45) is 11.8 Å². The van der Waals surface area contributed by atoms with Crippen molar-refractivity contribution in [2.75, 3.05) is 24.7 Å². The third kappa shape index (κ3) is 3.05. The highest BCUT2D eigenvalue weighted by atomic mass is 35.5. The van der Waals surface area contributed by atoms with Crippen molar-refractivity contribution in [3.8, 4) is 0 Å². The van der Waals surface area contributed by atoms with Gasteiger partial charge in [-0.3, -0.25) is 10.1 Å². The van der Waals surface area contributed by atoms with Gasteiger partial charge in [0.05, 0.1) is 6.04 Å². The molecule has 0 bridgehead atoms. The summed E-state index contributed by atoms with van der Waals surface area (Å²) in [7, 11) is 0. The van der Waals surface area contributed by atoms with Gasteiger partial charge in [0.25, 0.3) is 0 Å². The van der Waals surface area contributed by atoms with Gasteiger partial charge in [0.1, 0.15) is 0 Å². The molecule has 0 aromatic heterocycles. The standard InChI is InChI=1S/C11H20N2OS.ClH/c1-8(2)9-3-4-13(5-9)11(14)10-6-15-7-12-10;/h8-10,12H,3-7H2,1-2H3;1H/t9?,10-;/m1./s1. The van der Waals surface area contributed by atoms with Gasteiger partial charge in [-0.1, -0.05) is 13.8 Å². The Morgan fingerprint density at radius 1 is 1.50 bits per heavy atom. The van der Waals surface area contributed by atoms with Crippen molar-refractivity contribution in [2.45, 2.75) is 26.3 Å². The Morgan fingerprint density at radius 3 is 2.75 bits per heavy atom. The molecule has 0 aromatic carbocycles. The Morgan fingerprint density at radius 2 is 2.25 bits per heavy atom. The molecule has 1 N–H and O–H groups in total. The van der Waals surface area contributed by atoms with Gasteiger partial charge < -0.3 is 4.90 Å². The van der Waals surface area contributed by atoms with E-state index in [2.05, 4.69) is 19.2 Å². The zero-order valence-corrected chi connectivity index (χ0v) is 11.6. The molecule has 2 fully saturated rings. The lowest BCUT2D eigenvalue weighted by Gasteiger charge is -2.21. The molecule has 2 aliphatic heterocycles. The number of hydrogen-bond acceptors (Lipinski definition) is 3. The zero-order chi connectivity index (χ0) is 10.8. The van der Waals surface area contributed by atoms with E-state index in [0.29, 0.717) is 17.7 Å². The molecule has 94 valence electrons. The van der Waals surface area contributed by atoms with Gasteiger partial charge in [0.15, 0.2) is 0 Å².